The van der Waals surface area contributed by atoms with Gasteiger partial charge in [0.2, 0.25) is 5.89 Å². The molecule has 1 atom stereocenters. The molecule has 2 aliphatic rings. The lowest BCUT2D eigenvalue weighted by Crippen LogP contribution is -2.37. The van der Waals surface area contributed by atoms with Crippen LogP contribution < -0.4 is 5.73 Å². The monoisotopic (exact) mass is 269 g/mol. The summed E-state index contributed by atoms with van der Waals surface area (Å²) >= 11 is 1.93. The average Bonchev–Trinajstić information content (AvgIpc) is 3.08. The Bertz CT molecular complexity index is 398. The van der Waals surface area contributed by atoms with Gasteiger partial charge in [0.15, 0.2) is 5.82 Å². The van der Waals surface area contributed by atoms with Gasteiger partial charge < -0.3 is 15.0 Å². The van der Waals surface area contributed by atoms with Crippen LogP contribution in [0.15, 0.2) is 4.52 Å². The molecule has 0 spiro atoms. The molecule has 1 aromatic heterocycles. The maximum absolute atomic E-state index is 6.18. The molecule has 3 rings (SSSR count). The molecule has 6 heteroatoms. The van der Waals surface area contributed by atoms with Crippen LogP contribution >= 0.6 is 11.8 Å². The van der Waals surface area contributed by atoms with Gasteiger partial charge >= 0.3 is 0 Å². The molecule has 18 heavy (non-hydrogen) atoms. The van der Waals surface area contributed by atoms with Crippen molar-refractivity contribution in [3.63, 3.8) is 0 Å². The van der Waals surface area contributed by atoms with E-state index in [4.69, 9.17) is 15.0 Å². The van der Waals surface area contributed by atoms with E-state index in [0.29, 0.717) is 19.1 Å². The van der Waals surface area contributed by atoms with Gasteiger partial charge in [-0.25, -0.2) is 0 Å². The highest BCUT2D eigenvalue weighted by molar-refractivity contribution is 7.99. The second kappa shape index (κ2) is 5.19. The third-order valence-corrected chi connectivity index (χ3v) is 5.06. The van der Waals surface area contributed by atoms with Gasteiger partial charge in [0.1, 0.15) is 5.54 Å². The molecule has 1 aliphatic heterocycles. The topological polar surface area (TPSA) is 74.2 Å². The van der Waals surface area contributed by atoms with Gasteiger partial charge in [0, 0.05) is 11.9 Å². The van der Waals surface area contributed by atoms with Gasteiger partial charge in [0.25, 0.3) is 0 Å². The van der Waals surface area contributed by atoms with E-state index in [1.165, 1.54) is 25.7 Å². The lowest BCUT2D eigenvalue weighted by molar-refractivity contribution is 0.166. The van der Waals surface area contributed by atoms with Crippen molar-refractivity contribution in [3.05, 3.63) is 11.7 Å². The molecule has 2 heterocycles. The standard InChI is InChI=1S/C12H19N3O2S/c13-12(5-6-16-8-12)11-14-10(15-17-11)7-18-9-3-1-2-4-9/h9H,1-8,13H2. The average molecular weight is 269 g/mol. The van der Waals surface area contributed by atoms with E-state index in [-0.39, 0.29) is 0 Å². The van der Waals surface area contributed by atoms with Crippen LogP contribution in [0, 0.1) is 0 Å². The predicted molar refractivity (Wildman–Crippen MR) is 69.2 cm³/mol. The van der Waals surface area contributed by atoms with Gasteiger partial charge in [-0.2, -0.15) is 16.7 Å². The second-order valence-corrected chi connectivity index (χ2v) is 6.48. The van der Waals surface area contributed by atoms with E-state index < -0.39 is 5.54 Å². The number of thioether (sulfide) groups is 1. The van der Waals surface area contributed by atoms with Gasteiger partial charge in [-0.1, -0.05) is 18.0 Å². The smallest absolute Gasteiger partial charge is 0.249 e. The lowest BCUT2D eigenvalue weighted by atomic mass is 10.0. The number of hydrogen-bond donors (Lipinski definition) is 1. The van der Waals surface area contributed by atoms with Crippen molar-refractivity contribution in [1.29, 1.82) is 0 Å². The Morgan fingerprint density at radius 2 is 2.22 bits per heavy atom. The first-order valence-electron chi connectivity index (χ1n) is 6.58. The summed E-state index contributed by atoms with van der Waals surface area (Å²) in [4.78, 5) is 4.42. The van der Waals surface area contributed by atoms with Gasteiger partial charge in [-0.05, 0) is 19.3 Å². The highest BCUT2D eigenvalue weighted by Gasteiger charge is 2.38. The molecule has 0 amide bonds. The highest BCUT2D eigenvalue weighted by atomic mass is 32.2. The Morgan fingerprint density at radius 3 is 2.94 bits per heavy atom. The number of nitrogens with zero attached hydrogens (tertiary/aromatic N) is 2. The molecule has 1 aromatic rings. The molecular formula is C12H19N3O2S. The summed E-state index contributed by atoms with van der Waals surface area (Å²) in [6.07, 6.45) is 6.12. The molecule has 1 unspecified atom stereocenters. The zero-order chi connectivity index (χ0) is 12.4. The number of aromatic nitrogens is 2. The Labute approximate surface area is 111 Å². The van der Waals surface area contributed by atoms with E-state index in [1.54, 1.807) is 0 Å². The van der Waals surface area contributed by atoms with Gasteiger partial charge in [0.05, 0.1) is 12.4 Å². The van der Waals surface area contributed by atoms with Crippen molar-refractivity contribution >= 4 is 11.8 Å². The normalized spacial score (nSPS) is 29.2. The van der Waals surface area contributed by atoms with Crippen LogP contribution in [-0.2, 0) is 16.0 Å². The molecule has 5 nitrogen and oxygen atoms in total. The molecule has 0 aromatic carbocycles. The number of hydrogen-bond acceptors (Lipinski definition) is 6. The zero-order valence-electron chi connectivity index (χ0n) is 10.4. The Morgan fingerprint density at radius 1 is 1.39 bits per heavy atom. The molecule has 2 N–H and O–H groups in total. The molecule has 2 fully saturated rings. The molecule has 0 bridgehead atoms. The fourth-order valence-corrected chi connectivity index (χ4v) is 3.68. The molecule has 0 radical (unpaired) electrons. The summed E-state index contributed by atoms with van der Waals surface area (Å²) in [5.74, 6) is 2.12. The summed E-state index contributed by atoms with van der Waals surface area (Å²) in [5.41, 5.74) is 5.62. The van der Waals surface area contributed by atoms with Crippen molar-refractivity contribution in [2.75, 3.05) is 13.2 Å². The summed E-state index contributed by atoms with van der Waals surface area (Å²) in [5, 5.41) is 4.80. The Hall–Kier alpha value is -0.590. The van der Waals surface area contributed by atoms with E-state index >= 15 is 0 Å². The van der Waals surface area contributed by atoms with Gasteiger partial charge in [-0.3, -0.25) is 0 Å². The SMILES string of the molecule is NC1(c2nc(CSC3CCCC3)no2)CCOC1. The Kier molecular flexibility index (Phi) is 3.59. The van der Waals surface area contributed by atoms with Gasteiger partial charge in [-0.15, -0.1) is 0 Å². The maximum Gasteiger partial charge on any atom is 0.249 e. The highest BCUT2D eigenvalue weighted by Crippen LogP contribution is 2.32. The van der Waals surface area contributed by atoms with Crippen molar-refractivity contribution < 1.29 is 9.26 Å². The summed E-state index contributed by atoms with van der Waals surface area (Å²) in [6, 6.07) is 0. The third-order valence-electron chi connectivity index (χ3n) is 3.70. The number of nitrogens with two attached hydrogens (primary N) is 1. The molecule has 1 saturated carbocycles. The van der Waals surface area contributed by atoms with Crippen LogP contribution in [-0.4, -0.2) is 28.6 Å². The van der Waals surface area contributed by atoms with E-state index in [1.807, 2.05) is 11.8 Å². The minimum atomic E-state index is -0.566. The van der Waals surface area contributed by atoms with E-state index in [0.717, 1.165) is 23.2 Å². The summed E-state index contributed by atoms with van der Waals surface area (Å²) in [7, 11) is 0. The first kappa shape index (κ1) is 12.4. The van der Waals surface area contributed by atoms with Crippen LogP contribution in [0.25, 0.3) is 0 Å². The first-order valence-corrected chi connectivity index (χ1v) is 7.62. The summed E-state index contributed by atoms with van der Waals surface area (Å²) in [6.45, 7) is 1.15. The Balaban J connectivity index is 1.59. The van der Waals surface area contributed by atoms with Crippen LogP contribution in [0.3, 0.4) is 0 Å². The minimum absolute atomic E-state index is 0.477. The number of rotatable bonds is 4. The fourth-order valence-electron chi connectivity index (χ4n) is 2.51. The molecule has 1 saturated heterocycles. The van der Waals surface area contributed by atoms with Crippen molar-refractivity contribution in [3.8, 4) is 0 Å². The van der Waals surface area contributed by atoms with Crippen molar-refractivity contribution in [1.82, 2.24) is 10.1 Å². The molecule has 100 valence electrons. The van der Waals surface area contributed by atoms with Crippen molar-refractivity contribution in [2.45, 2.75) is 48.6 Å². The minimum Gasteiger partial charge on any atom is -0.379 e. The van der Waals surface area contributed by atoms with Crippen LogP contribution in [0.1, 0.15) is 43.8 Å². The largest absolute Gasteiger partial charge is 0.379 e. The van der Waals surface area contributed by atoms with E-state index in [9.17, 15) is 0 Å². The fraction of sp³-hybridized carbons (Fsp3) is 0.833. The van der Waals surface area contributed by atoms with Crippen LogP contribution in [0.2, 0.25) is 0 Å². The summed E-state index contributed by atoms with van der Waals surface area (Å²) < 4.78 is 10.6. The quantitative estimate of drug-likeness (QED) is 0.898. The predicted octanol–water partition coefficient (Wildman–Crippen LogP) is 1.82. The maximum atomic E-state index is 6.18. The second-order valence-electron chi connectivity index (χ2n) is 5.19. The van der Waals surface area contributed by atoms with Crippen LogP contribution in [0.4, 0.5) is 0 Å². The zero-order valence-corrected chi connectivity index (χ0v) is 11.2. The molecular weight excluding hydrogens is 250 g/mol. The first-order chi connectivity index (χ1) is 8.76. The third kappa shape index (κ3) is 2.55. The van der Waals surface area contributed by atoms with E-state index in [2.05, 4.69) is 10.1 Å². The number of ether oxygens (including phenoxy) is 1. The molecule has 1 aliphatic carbocycles. The van der Waals surface area contributed by atoms with Crippen LogP contribution in [0.5, 0.6) is 0 Å². The lowest BCUT2D eigenvalue weighted by Gasteiger charge is -2.15. The van der Waals surface area contributed by atoms with Crippen molar-refractivity contribution in [2.24, 2.45) is 5.73 Å².